The van der Waals surface area contributed by atoms with Crippen LogP contribution in [0.1, 0.15) is 19.4 Å². The standard InChI is InChI=1S/C22H26N2O5S/c1-5-12-24-19-13-17(8-11-20(19)29-15-22(2,3)21(24)25)23-30(26,27)14-16-6-9-18(28-4)10-7-16/h5-11,13,23H,1,12,14-15H2,2-4H3. The SMILES string of the molecule is C=CCN1C(=O)C(C)(C)COc2ccc(NS(=O)(=O)Cc3ccc(OC)cc3)cc21. The van der Waals surface area contributed by atoms with Crippen LogP contribution >= 0.6 is 0 Å². The van der Waals surface area contributed by atoms with E-state index in [1.54, 1.807) is 60.6 Å². The van der Waals surface area contributed by atoms with E-state index >= 15 is 0 Å². The minimum absolute atomic E-state index is 0.112. The van der Waals surface area contributed by atoms with Gasteiger partial charge in [-0.1, -0.05) is 18.2 Å². The van der Waals surface area contributed by atoms with Gasteiger partial charge in [0.15, 0.2) is 0 Å². The molecule has 0 saturated carbocycles. The molecule has 8 heteroatoms. The van der Waals surface area contributed by atoms with Crippen LogP contribution in [0, 0.1) is 5.41 Å². The molecule has 1 heterocycles. The van der Waals surface area contributed by atoms with Crippen LogP contribution in [0.4, 0.5) is 11.4 Å². The predicted molar refractivity (Wildman–Crippen MR) is 118 cm³/mol. The summed E-state index contributed by atoms with van der Waals surface area (Å²) in [7, 11) is -2.11. The first-order valence-electron chi connectivity index (χ1n) is 9.48. The molecule has 3 rings (SSSR count). The van der Waals surface area contributed by atoms with Gasteiger partial charge >= 0.3 is 0 Å². The molecule has 1 amide bonds. The number of amides is 1. The van der Waals surface area contributed by atoms with E-state index in [-0.39, 0.29) is 18.3 Å². The summed E-state index contributed by atoms with van der Waals surface area (Å²) in [5.74, 6) is 0.880. The number of methoxy groups -OCH3 is 1. The highest BCUT2D eigenvalue weighted by Gasteiger charge is 2.37. The summed E-state index contributed by atoms with van der Waals surface area (Å²) in [6.45, 7) is 7.88. The third-order valence-corrected chi connectivity index (χ3v) is 6.02. The lowest BCUT2D eigenvalue weighted by Crippen LogP contribution is -2.42. The molecule has 2 aromatic carbocycles. The summed E-state index contributed by atoms with van der Waals surface area (Å²) in [4.78, 5) is 14.5. The van der Waals surface area contributed by atoms with Gasteiger partial charge in [-0.15, -0.1) is 6.58 Å². The molecule has 0 spiro atoms. The minimum Gasteiger partial charge on any atom is -0.497 e. The number of nitrogens with zero attached hydrogens (tertiary/aromatic N) is 1. The van der Waals surface area contributed by atoms with Gasteiger partial charge in [-0.3, -0.25) is 9.52 Å². The number of carbonyl (C=O) groups is 1. The van der Waals surface area contributed by atoms with Gasteiger partial charge in [0.2, 0.25) is 15.9 Å². The molecule has 1 aliphatic rings. The Balaban J connectivity index is 1.86. The van der Waals surface area contributed by atoms with E-state index < -0.39 is 15.4 Å². The number of sulfonamides is 1. The lowest BCUT2D eigenvalue weighted by atomic mass is 9.93. The lowest BCUT2D eigenvalue weighted by molar-refractivity contribution is -0.127. The first-order chi connectivity index (χ1) is 14.1. The van der Waals surface area contributed by atoms with Crippen LogP contribution in [0.25, 0.3) is 0 Å². The molecule has 0 unspecified atom stereocenters. The molecule has 0 aromatic heterocycles. The highest BCUT2D eigenvalue weighted by molar-refractivity contribution is 7.91. The van der Waals surface area contributed by atoms with Gasteiger partial charge in [-0.05, 0) is 49.7 Å². The van der Waals surface area contributed by atoms with Crippen LogP contribution in [0.2, 0.25) is 0 Å². The Morgan fingerprint density at radius 3 is 2.57 bits per heavy atom. The van der Waals surface area contributed by atoms with E-state index in [4.69, 9.17) is 9.47 Å². The summed E-state index contributed by atoms with van der Waals surface area (Å²) in [5, 5.41) is 0. The van der Waals surface area contributed by atoms with E-state index in [0.717, 1.165) is 0 Å². The maximum absolute atomic E-state index is 13.0. The highest BCUT2D eigenvalue weighted by Crippen LogP contribution is 2.38. The number of nitrogens with one attached hydrogen (secondary N) is 1. The van der Waals surface area contributed by atoms with Crippen LogP contribution < -0.4 is 19.1 Å². The van der Waals surface area contributed by atoms with Crippen molar-refractivity contribution in [1.82, 2.24) is 0 Å². The predicted octanol–water partition coefficient (Wildman–Crippen LogP) is 3.57. The second-order valence-corrected chi connectivity index (χ2v) is 9.49. The van der Waals surface area contributed by atoms with Gasteiger partial charge < -0.3 is 14.4 Å². The molecule has 0 aliphatic carbocycles. The Bertz CT molecular complexity index is 1050. The van der Waals surface area contributed by atoms with Crippen molar-refractivity contribution in [2.24, 2.45) is 5.41 Å². The highest BCUT2D eigenvalue weighted by atomic mass is 32.2. The molecule has 0 atom stereocenters. The number of hydrogen-bond acceptors (Lipinski definition) is 5. The van der Waals surface area contributed by atoms with E-state index in [0.29, 0.717) is 35.0 Å². The Hall–Kier alpha value is -3.00. The largest absolute Gasteiger partial charge is 0.497 e. The number of hydrogen-bond donors (Lipinski definition) is 1. The Morgan fingerprint density at radius 2 is 1.93 bits per heavy atom. The molecule has 0 bridgehead atoms. The quantitative estimate of drug-likeness (QED) is 0.679. The molecule has 30 heavy (non-hydrogen) atoms. The van der Waals surface area contributed by atoms with E-state index in [1.165, 1.54) is 0 Å². The Kier molecular flexibility index (Phi) is 6.07. The van der Waals surface area contributed by atoms with Crippen molar-refractivity contribution >= 4 is 27.3 Å². The maximum atomic E-state index is 13.0. The first kappa shape index (κ1) is 21.7. The molecular weight excluding hydrogens is 404 g/mol. The fourth-order valence-corrected chi connectivity index (χ4v) is 4.37. The lowest BCUT2D eigenvalue weighted by Gasteiger charge is -2.27. The van der Waals surface area contributed by atoms with Gasteiger partial charge in [0, 0.05) is 6.54 Å². The van der Waals surface area contributed by atoms with Crippen molar-refractivity contribution in [3.05, 3.63) is 60.7 Å². The normalized spacial score (nSPS) is 15.6. The summed E-state index contributed by atoms with van der Waals surface area (Å²) in [5.41, 5.74) is 0.782. The van der Waals surface area contributed by atoms with E-state index in [1.807, 2.05) is 13.8 Å². The van der Waals surface area contributed by atoms with Crippen LogP contribution in [0.3, 0.4) is 0 Å². The number of anilines is 2. The summed E-state index contributed by atoms with van der Waals surface area (Å²) in [6.07, 6.45) is 1.63. The zero-order valence-corrected chi connectivity index (χ0v) is 18.2. The second-order valence-electron chi connectivity index (χ2n) is 7.77. The molecular formula is C22H26N2O5S. The van der Waals surface area contributed by atoms with E-state index in [2.05, 4.69) is 11.3 Å². The van der Waals surface area contributed by atoms with Crippen molar-refractivity contribution < 1.29 is 22.7 Å². The van der Waals surface area contributed by atoms with Crippen LogP contribution in [0.15, 0.2) is 55.1 Å². The molecule has 7 nitrogen and oxygen atoms in total. The monoisotopic (exact) mass is 430 g/mol. The summed E-state index contributed by atoms with van der Waals surface area (Å²) < 4.78 is 38.8. The fourth-order valence-electron chi connectivity index (χ4n) is 3.18. The zero-order valence-electron chi connectivity index (χ0n) is 17.3. The van der Waals surface area contributed by atoms with Crippen LogP contribution in [0.5, 0.6) is 11.5 Å². The molecule has 0 radical (unpaired) electrons. The van der Waals surface area contributed by atoms with Gasteiger partial charge in [-0.25, -0.2) is 8.42 Å². The number of rotatable bonds is 7. The summed E-state index contributed by atoms with van der Waals surface area (Å²) in [6, 6.07) is 11.7. The number of ether oxygens (including phenoxy) is 2. The summed E-state index contributed by atoms with van der Waals surface area (Å²) >= 11 is 0. The van der Waals surface area contributed by atoms with Gasteiger partial charge in [-0.2, -0.15) is 0 Å². The average molecular weight is 431 g/mol. The van der Waals surface area contributed by atoms with Crippen molar-refractivity contribution in [3.63, 3.8) is 0 Å². The Labute approximate surface area is 177 Å². The topological polar surface area (TPSA) is 84.9 Å². The van der Waals surface area contributed by atoms with Crippen molar-refractivity contribution in [1.29, 1.82) is 0 Å². The number of fused-ring (bicyclic) bond motifs is 1. The average Bonchev–Trinajstić information content (AvgIpc) is 2.78. The fraction of sp³-hybridized carbons (Fsp3) is 0.318. The molecule has 0 fully saturated rings. The zero-order chi connectivity index (χ0) is 21.9. The van der Waals surface area contributed by atoms with Crippen molar-refractivity contribution in [2.45, 2.75) is 19.6 Å². The second kappa shape index (κ2) is 8.39. The third-order valence-electron chi connectivity index (χ3n) is 4.76. The van der Waals surface area contributed by atoms with Crippen molar-refractivity contribution in [2.75, 3.05) is 29.9 Å². The van der Waals surface area contributed by atoms with Gasteiger partial charge in [0.05, 0.1) is 29.7 Å². The van der Waals surface area contributed by atoms with Crippen LogP contribution in [-0.4, -0.2) is 34.6 Å². The maximum Gasteiger partial charge on any atom is 0.236 e. The first-order valence-corrected chi connectivity index (χ1v) is 11.1. The molecule has 2 aromatic rings. The third kappa shape index (κ3) is 4.76. The van der Waals surface area contributed by atoms with Gasteiger partial charge in [0.1, 0.15) is 18.1 Å². The Morgan fingerprint density at radius 1 is 1.23 bits per heavy atom. The van der Waals surface area contributed by atoms with Gasteiger partial charge in [0.25, 0.3) is 0 Å². The molecule has 160 valence electrons. The molecule has 0 saturated heterocycles. The molecule has 1 N–H and O–H groups in total. The van der Waals surface area contributed by atoms with E-state index in [9.17, 15) is 13.2 Å². The smallest absolute Gasteiger partial charge is 0.236 e. The number of benzene rings is 2. The minimum atomic E-state index is -3.66. The van der Waals surface area contributed by atoms with Crippen molar-refractivity contribution in [3.8, 4) is 11.5 Å². The molecule has 1 aliphatic heterocycles. The van der Waals surface area contributed by atoms with Crippen LogP contribution in [-0.2, 0) is 20.6 Å². The number of carbonyl (C=O) groups excluding carboxylic acids is 1.